The summed E-state index contributed by atoms with van der Waals surface area (Å²) in [6, 6.07) is 2.75. The quantitative estimate of drug-likeness (QED) is 0.814. The number of phenolic OH excluding ortho intramolecular Hbond substituents is 1. The van der Waals surface area contributed by atoms with Gasteiger partial charge in [0.05, 0.1) is 19.8 Å². The standard InChI is InChI=1S/C16H14O7/c1-6-4-7(14(18)22-3)11-9(21-2)5-8(17)12-13(11)10(6)15(19)23-16(12)20/h4-5,15,17,19H,1-3H3/t15-/m1/s1. The van der Waals surface area contributed by atoms with Crippen LogP contribution >= 0.6 is 0 Å². The highest BCUT2D eigenvalue weighted by atomic mass is 16.6. The molecule has 0 spiro atoms. The van der Waals surface area contributed by atoms with Crippen molar-refractivity contribution in [3.63, 3.8) is 0 Å². The summed E-state index contributed by atoms with van der Waals surface area (Å²) in [5.41, 5.74) is 0.877. The van der Waals surface area contributed by atoms with Gasteiger partial charge in [0.15, 0.2) is 0 Å². The highest BCUT2D eigenvalue weighted by Gasteiger charge is 2.34. The largest absolute Gasteiger partial charge is 0.507 e. The van der Waals surface area contributed by atoms with E-state index in [0.29, 0.717) is 11.1 Å². The first-order chi connectivity index (χ1) is 10.9. The minimum atomic E-state index is -1.49. The van der Waals surface area contributed by atoms with E-state index in [1.807, 2.05) is 0 Å². The number of carbonyl (C=O) groups is 2. The van der Waals surface area contributed by atoms with Crippen LogP contribution in [0.5, 0.6) is 11.5 Å². The van der Waals surface area contributed by atoms with E-state index in [0.717, 1.165) is 0 Å². The number of aryl methyl sites for hydroxylation is 1. The number of aliphatic hydroxyl groups is 1. The van der Waals surface area contributed by atoms with Gasteiger partial charge < -0.3 is 24.4 Å². The molecule has 3 rings (SSSR count). The van der Waals surface area contributed by atoms with Gasteiger partial charge in [-0.05, 0) is 18.6 Å². The number of methoxy groups -OCH3 is 2. The van der Waals surface area contributed by atoms with Crippen molar-refractivity contribution in [2.75, 3.05) is 14.2 Å². The second-order valence-electron chi connectivity index (χ2n) is 5.13. The summed E-state index contributed by atoms with van der Waals surface area (Å²) in [6.07, 6.45) is -1.49. The molecule has 0 bridgehead atoms. The Balaban J connectivity index is 2.60. The number of phenols is 1. The molecule has 2 N–H and O–H groups in total. The molecular weight excluding hydrogens is 304 g/mol. The fourth-order valence-electron chi connectivity index (χ4n) is 2.92. The van der Waals surface area contributed by atoms with Gasteiger partial charge in [-0.25, -0.2) is 9.59 Å². The molecule has 2 aromatic rings. The number of hydrogen-bond donors (Lipinski definition) is 2. The number of esters is 2. The van der Waals surface area contributed by atoms with Crippen LogP contribution in [-0.4, -0.2) is 36.4 Å². The summed E-state index contributed by atoms with van der Waals surface area (Å²) in [6.45, 7) is 1.66. The van der Waals surface area contributed by atoms with Crippen LogP contribution in [0.1, 0.15) is 38.1 Å². The van der Waals surface area contributed by atoms with Crippen LogP contribution in [0.3, 0.4) is 0 Å². The first-order valence-electron chi connectivity index (χ1n) is 6.75. The van der Waals surface area contributed by atoms with Crippen molar-refractivity contribution >= 4 is 22.7 Å². The predicted octanol–water partition coefficient (Wildman–Crippen LogP) is 1.81. The number of rotatable bonds is 2. The first kappa shape index (κ1) is 15.1. The Kier molecular flexibility index (Phi) is 3.37. The Hall–Kier alpha value is -2.80. The second-order valence-corrected chi connectivity index (χ2v) is 5.13. The molecule has 0 unspecified atom stereocenters. The first-order valence-corrected chi connectivity index (χ1v) is 6.75. The lowest BCUT2D eigenvalue weighted by atomic mass is 9.89. The van der Waals surface area contributed by atoms with Crippen molar-refractivity contribution in [1.82, 2.24) is 0 Å². The molecule has 0 saturated carbocycles. The third-order valence-corrected chi connectivity index (χ3v) is 3.89. The van der Waals surface area contributed by atoms with E-state index in [4.69, 9.17) is 14.2 Å². The lowest BCUT2D eigenvalue weighted by Crippen LogP contribution is -2.20. The van der Waals surface area contributed by atoms with Gasteiger partial charge in [-0.15, -0.1) is 0 Å². The normalized spacial score (nSPS) is 16.2. The van der Waals surface area contributed by atoms with Crippen LogP contribution in [0.25, 0.3) is 10.8 Å². The van der Waals surface area contributed by atoms with Gasteiger partial charge in [-0.2, -0.15) is 0 Å². The number of carbonyl (C=O) groups excluding carboxylic acids is 2. The van der Waals surface area contributed by atoms with Crippen molar-refractivity contribution in [2.45, 2.75) is 13.2 Å². The molecule has 7 nitrogen and oxygen atoms in total. The van der Waals surface area contributed by atoms with Gasteiger partial charge in [0.2, 0.25) is 6.29 Å². The van der Waals surface area contributed by atoms with Gasteiger partial charge in [0, 0.05) is 22.4 Å². The van der Waals surface area contributed by atoms with Gasteiger partial charge in [-0.1, -0.05) is 0 Å². The number of hydrogen-bond acceptors (Lipinski definition) is 7. The molecule has 7 heteroatoms. The summed E-state index contributed by atoms with van der Waals surface area (Å²) < 4.78 is 14.9. The van der Waals surface area contributed by atoms with E-state index in [-0.39, 0.29) is 33.4 Å². The van der Waals surface area contributed by atoms with Crippen molar-refractivity contribution < 1.29 is 34.0 Å². The summed E-state index contributed by atoms with van der Waals surface area (Å²) in [7, 11) is 2.61. The van der Waals surface area contributed by atoms with Crippen molar-refractivity contribution in [1.29, 1.82) is 0 Å². The van der Waals surface area contributed by atoms with E-state index in [1.165, 1.54) is 26.4 Å². The molecule has 0 aromatic heterocycles. The number of aliphatic hydroxyl groups excluding tert-OH is 1. The zero-order valence-electron chi connectivity index (χ0n) is 12.7. The maximum absolute atomic E-state index is 12.1. The van der Waals surface area contributed by atoms with E-state index >= 15 is 0 Å². The third-order valence-electron chi connectivity index (χ3n) is 3.89. The fourth-order valence-corrected chi connectivity index (χ4v) is 2.92. The molecule has 1 heterocycles. The van der Waals surface area contributed by atoms with Gasteiger partial charge in [0.1, 0.15) is 17.1 Å². The zero-order chi connectivity index (χ0) is 16.9. The number of aromatic hydroxyl groups is 1. The molecule has 2 aromatic carbocycles. The maximum atomic E-state index is 12.1. The third kappa shape index (κ3) is 2.01. The average molecular weight is 318 g/mol. The van der Waals surface area contributed by atoms with Crippen LogP contribution in [0, 0.1) is 6.92 Å². The monoisotopic (exact) mass is 318 g/mol. The number of cyclic esters (lactones) is 1. The van der Waals surface area contributed by atoms with E-state index in [1.54, 1.807) is 6.92 Å². The molecule has 23 heavy (non-hydrogen) atoms. The molecule has 1 aliphatic rings. The Morgan fingerprint density at radius 3 is 2.57 bits per heavy atom. The smallest absolute Gasteiger partial charge is 0.345 e. The molecule has 0 aliphatic carbocycles. The van der Waals surface area contributed by atoms with Gasteiger partial charge >= 0.3 is 11.9 Å². The predicted molar refractivity (Wildman–Crippen MR) is 78.6 cm³/mol. The van der Waals surface area contributed by atoms with E-state index in [9.17, 15) is 19.8 Å². The molecule has 120 valence electrons. The van der Waals surface area contributed by atoms with Crippen LogP contribution in [0.2, 0.25) is 0 Å². The van der Waals surface area contributed by atoms with Crippen LogP contribution in [0.4, 0.5) is 0 Å². The van der Waals surface area contributed by atoms with Crippen LogP contribution in [0.15, 0.2) is 12.1 Å². The average Bonchev–Trinajstić information content (AvgIpc) is 2.51. The lowest BCUT2D eigenvalue weighted by molar-refractivity contribution is -0.0691. The molecule has 1 aliphatic heterocycles. The molecule has 1 atom stereocenters. The Labute approximate surface area is 131 Å². The maximum Gasteiger partial charge on any atom is 0.345 e. The SMILES string of the molecule is COC(=O)c1cc(C)c2c3c(c(O)cc(OC)c13)C(=O)O[C@H]2O. The second kappa shape index (κ2) is 5.13. The highest BCUT2D eigenvalue weighted by Crippen LogP contribution is 2.45. The summed E-state index contributed by atoms with van der Waals surface area (Å²) in [4.78, 5) is 24.2. The Morgan fingerprint density at radius 2 is 1.96 bits per heavy atom. The fraction of sp³-hybridized carbons (Fsp3) is 0.250. The number of ether oxygens (including phenoxy) is 3. The molecule has 0 amide bonds. The van der Waals surface area contributed by atoms with E-state index < -0.39 is 18.2 Å². The zero-order valence-corrected chi connectivity index (χ0v) is 12.7. The topological polar surface area (TPSA) is 102 Å². The van der Waals surface area contributed by atoms with Crippen molar-refractivity contribution in [2.24, 2.45) is 0 Å². The molecule has 0 radical (unpaired) electrons. The van der Waals surface area contributed by atoms with Crippen molar-refractivity contribution in [3.8, 4) is 11.5 Å². The van der Waals surface area contributed by atoms with Gasteiger partial charge in [0.25, 0.3) is 0 Å². The highest BCUT2D eigenvalue weighted by molar-refractivity contribution is 6.17. The van der Waals surface area contributed by atoms with Crippen LogP contribution in [-0.2, 0) is 9.47 Å². The molecule has 0 saturated heterocycles. The van der Waals surface area contributed by atoms with Gasteiger partial charge in [-0.3, -0.25) is 0 Å². The number of benzene rings is 2. The lowest BCUT2D eigenvalue weighted by Gasteiger charge is -2.26. The summed E-state index contributed by atoms with van der Waals surface area (Å²) in [5.74, 6) is -1.67. The van der Waals surface area contributed by atoms with Crippen LogP contribution < -0.4 is 4.74 Å². The van der Waals surface area contributed by atoms with E-state index in [2.05, 4.69) is 0 Å². The summed E-state index contributed by atoms with van der Waals surface area (Å²) in [5, 5.41) is 20.7. The molecular formula is C16H14O7. The molecule has 0 fully saturated rings. The minimum Gasteiger partial charge on any atom is -0.507 e. The minimum absolute atomic E-state index is 0.116. The summed E-state index contributed by atoms with van der Waals surface area (Å²) >= 11 is 0. The Morgan fingerprint density at radius 1 is 1.26 bits per heavy atom. The Bertz CT molecular complexity index is 854. The van der Waals surface area contributed by atoms with Crippen molar-refractivity contribution in [3.05, 3.63) is 34.4 Å².